The molecule has 0 saturated carbocycles. The summed E-state index contributed by atoms with van der Waals surface area (Å²) in [6.45, 7) is 2.73. The van der Waals surface area contributed by atoms with Gasteiger partial charge in [0.1, 0.15) is 5.65 Å². The van der Waals surface area contributed by atoms with Gasteiger partial charge in [-0.1, -0.05) is 0 Å². The molecule has 2 N–H and O–H groups in total. The highest BCUT2D eigenvalue weighted by molar-refractivity contribution is 5.76. The van der Waals surface area contributed by atoms with Gasteiger partial charge in [0.25, 0.3) is 11.1 Å². The van der Waals surface area contributed by atoms with Crippen molar-refractivity contribution >= 4 is 17.1 Å². The second kappa shape index (κ2) is 6.03. The van der Waals surface area contributed by atoms with E-state index in [1.54, 1.807) is 33.4 Å². The Labute approximate surface area is 143 Å². The molecule has 4 rings (SSSR count). The number of aromatic nitrogens is 2. The molecular weight excluding hydrogens is 324 g/mol. The zero-order valence-corrected chi connectivity index (χ0v) is 13.7. The van der Waals surface area contributed by atoms with Crippen LogP contribution in [0.3, 0.4) is 0 Å². The van der Waals surface area contributed by atoms with E-state index in [4.69, 9.17) is 5.11 Å². The molecule has 1 atom stereocenters. The van der Waals surface area contributed by atoms with Crippen molar-refractivity contribution in [3.63, 3.8) is 0 Å². The number of amides is 1. The SMILES string of the molecule is O=C(O)NC1CCN(CC2Cn3c(=O)ccc4ccc(=O)n2c43)CC1. The van der Waals surface area contributed by atoms with Gasteiger partial charge in [-0.05, 0) is 25.0 Å². The fraction of sp³-hybridized carbons (Fsp3) is 0.471. The van der Waals surface area contributed by atoms with E-state index in [1.807, 2.05) is 0 Å². The van der Waals surface area contributed by atoms with E-state index >= 15 is 0 Å². The number of carbonyl (C=O) groups is 1. The summed E-state index contributed by atoms with van der Waals surface area (Å²) >= 11 is 0. The fourth-order valence-electron chi connectivity index (χ4n) is 4.02. The number of nitrogens with zero attached hydrogens (tertiary/aromatic N) is 3. The van der Waals surface area contributed by atoms with Gasteiger partial charge < -0.3 is 15.3 Å². The second-order valence-electron chi connectivity index (χ2n) is 6.78. The summed E-state index contributed by atoms with van der Waals surface area (Å²) in [6, 6.07) is 6.53. The lowest BCUT2D eigenvalue weighted by Gasteiger charge is -2.33. The summed E-state index contributed by atoms with van der Waals surface area (Å²) in [5.41, 5.74) is 0.530. The van der Waals surface area contributed by atoms with Gasteiger partial charge in [0.15, 0.2) is 0 Å². The maximum absolute atomic E-state index is 12.4. The summed E-state index contributed by atoms with van der Waals surface area (Å²) in [7, 11) is 0. The average molecular weight is 344 g/mol. The van der Waals surface area contributed by atoms with Gasteiger partial charge in [-0.2, -0.15) is 0 Å². The van der Waals surface area contributed by atoms with Gasteiger partial charge in [0.05, 0.1) is 6.04 Å². The molecule has 0 spiro atoms. The topological polar surface area (TPSA) is 96.6 Å². The first-order chi connectivity index (χ1) is 12.0. The van der Waals surface area contributed by atoms with Crippen molar-refractivity contribution in [3.8, 4) is 0 Å². The molecule has 0 radical (unpaired) electrons. The van der Waals surface area contributed by atoms with Crippen LogP contribution in [-0.4, -0.2) is 50.9 Å². The quantitative estimate of drug-likeness (QED) is 0.843. The molecule has 1 fully saturated rings. The summed E-state index contributed by atoms with van der Waals surface area (Å²) in [5, 5.41) is 12.2. The van der Waals surface area contributed by atoms with Crippen LogP contribution in [0.1, 0.15) is 18.9 Å². The molecule has 0 bridgehead atoms. The Bertz CT molecular complexity index is 935. The van der Waals surface area contributed by atoms with Gasteiger partial charge in [-0.3, -0.25) is 18.7 Å². The average Bonchev–Trinajstić information content (AvgIpc) is 2.96. The molecule has 8 heteroatoms. The van der Waals surface area contributed by atoms with E-state index in [0.29, 0.717) is 18.7 Å². The van der Waals surface area contributed by atoms with Gasteiger partial charge in [-0.25, -0.2) is 4.79 Å². The van der Waals surface area contributed by atoms with Crippen molar-refractivity contribution < 1.29 is 9.90 Å². The van der Waals surface area contributed by atoms with Crippen LogP contribution in [0.2, 0.25) is 0 Å². The van der Waals surface area contributed by atoms with E-state index in [1.165, 1.54) is 0 Å². The lowest BCUT2D eigenvalue weighted by atomic mass is 10.0. The summed E-state index contributed by atoms with van der Waals surface area (Å²) in [5.74, 6) is 0. The largest absolute Gasteiger partial charge is 0.465 e. The Hall–Kier alpha value is -2.61. The molecule has 2 aromatic rings. The van der Waals surface area contributed by atoms with Crippen molar-refractivity contribution in [2.45, 2.75) is 31.5 Å². The minimum Gasteiger partial charge on any atom is -0.465 e. The molecular formula is C17H20N4O4. The van der Waals surface area contributed by atoms with Crippen LogP contribution >= 0.6 is 0 Å². The van der Waals surface area contributed by atoms with Crippen molar-refractivity contribution in [2.24, 2.45) is 0 Å². The molecule has 2 aliphatic rings. The fourth-order valence-corrected chi connectivity index (χ4v) is 4.02. The first-order valence-electron chi connectivity index (χ1n) is 8.50. The predicted octanol–water partition coefficient (Wildman–Crippen LogP) is 0.450. The standard InChI is InChI=1S/C17H20N4O4/c22-14-3-1-11-2-4-15(23)21-13(10-20(14)16(11)21)9-19-7-5-12(6-8-19)18-17(24)25/h1-4,12-13,18H,5-10H2,(H,24,25). The molecule has 2 aliphatic heterocycles. The zero-order chi connectivity index (χ0) is 17.6. The van der Waals surface area contributed by atoms with Gasteiger partial charge in [-0.15, -0.1) is 0 Å². The minimum atomic E-state index is -0.984. The number of hydrogen-bond donors (Lipinski definition) is 2. The van der Waals surface area contributed by atoms with Crippen LogP contribution in [0, 0.1) is 0 Å². The normalized spacial score (nSPS) is 20.9. The second-order valence-corrected chi connectivity index (χ2v) is 6.78. The van der Waals surface area contributed by atoms with Crippen LogP contribution in [0.4, 0.5) is 4.79 Å². The third kappa shape index (κ3) is 2.82. The number of likely N-dealkylation sites (tertiary alicyclic amines) is 1. The number of pyridine rings is 2. The van der Waals surface area contributed by atoms with Crippen molar-refractivity contribution in [1.82, 2.24) is 19.4 Å². The smallest absolute Gasteiger partial charge is 0.404 e. The maximum Gasteiger partial charge on any atom is 0.404 e. The molecule has 1 unspecified atom stereocenters. The van der Waals surface area contributed by atoms with Crippen LogP contribution in [0.5, 0.6) is 0 Å². The molecule has 2 aromatic heterocycles. The van der Waals surface area contributed by atoms with E-state index < -0.39 is 6.09 Å². The maximum atomic E-state index is 12.4. The first-order valence-corrected chi connectivity index (χ1v) is 8.50. The van der Waals surface area contributed by atoms with Gasteiger partial charge in [0.2, 0.25) is 0 Å². The van der Waals surface area contributed by atoms with Gasteiger partial charge in [0, 0.05) is 49.7 Å². The molecule has 25 heavy (non-hydrogen) atoms. The van der Waals surface area contributed by atoms with Crippen molar-refractivity contribution in [1.29, 1.82) is 0 Å². The number of piperidine rings is 1. The highest BCUT2D eigenvalue weighted by Crippen LogP contribution is 2.25. The molecule has 0 aliphatic carbocycles. The Morgan fingerprint density at radius 3 is 2.48 bits per heavy atom. The third-order valence-corrected chi connectivity index (χ3v) is 5.20. The van der Waals surface area contributed by atoms with E-state index in [2.05, 4.69) is 10.2 Å². The molecule has 132 valence electrons. The number of rotatable bonds is 3. The van der Waals surface area contributed by atoms with Crippen molar-refractivity contribution in [3.05, 3.63) is 45.0 Å². The van der Waals surface area contributed by atoms with E-state index in [-0.39, 0.29) is 23.2 Å². The molecule has 4 heterocycles. The molecule has 1 amide bonds. The summed E-state index contributed by atoms with van der Waals surface area (Å²) in [6.07, 6.45) is 0.526. The number of hydrogen-bond acceptors (Lipinski definition) is 4. The van der Waals surface area contributed by atoms with Crippen LogP contribution in [-0.2, 0) is 6.54 Å². The predicted molar refractivity (Wildman–Crippen MR) is 92.1 cm³/mol. The van der Waals surface area contributed by atoms with Crippen LogP contribution < -0.4 is 16.4 Å². The highest BCUT2D eigenvalue weighted by atomic mass is 16.4. The minimum absolute atomic E-state index is 0.0108. The Kier molecular flexibility index (Phi) is 3.84. The van der Waals surface area contributed by atoms with E-state index in [9.17, 15) is 14.4 Å². The summed E-state index contributed by atoms with van der Waals surface area (Å²) < 4.78 is 3.42. The third-order valence-electron chi connectivity index (χ3n) is 5.20. The lowest BCUT2D eigenvalue weighted by molar-refractivity contribution is 0.157. The number of carboxylic acid groups (broad SMARTS) is 1. The van der Waals surface area contributed by atoms with E-state index in [0.717, 1.165) is 31.3 Å². The molecule has 8 nitrogen and oxygen atoms in total. The summed E-state index contributed by atoms with van der Waals surface area (Å²) in [4.78, 5) is 37.5. The Balaban J connectivity index is 1.54. The lowest BCUT2D eigenvalue weighted by Crippen LogP contribution is -2.46. The Morgan fingerprint density at radius 1 is 1.12 bits per heavy atom. The van der Waals surface area contributed by atoms with Gasteiger partial charge >= 0.3 is 6.09 Å². The molecule has 0 aromatic carbocycles. The molecule has 1 saturated heterocycles. The van der Waals surface area contributed by atoms with Crippen LogP contribution in [0.25, 0.3) is 11.0 Å². The number of nitrogens with one attached hydrogen (secondary N) is 1. The Morgan fingerprint density at radius 2 is 1.80 bits per heavy atom. The zero-order valence-electron chi connectivity index (χ0n) is 13.7. The first kappa shape index (κ1) is 15.9. The van der Waals surface area contributed by atoms with Crippen molar-refractivity contribution in [2.75, 3.05) is 19.6 Å². The monoisotopic (exact) mass is 344 g/mol. The van der Waals surface area contributed by atoms with Crippen LogP contribution in [0.15, 0.2) is 33.9 Å². The highest BCUT2D eigenvalue weighted by Gasteiger charge is 2.29.